The standard InChI is InChI=1S/C23H25F3N4O2/c1-15-4-3-5-18(12-15)29-10-8-28(9-11-29)16(2)22(32)30-14-21(31)27-19-13-17(23(24,25)26)6-7-20(19)30/h3-7,12-13,16H,8-11,14H2,1-2H3,(H,27,31). The molecule has 0 bridgehead atoms. The van der Waals surface area contributed by atoms with Crippen LogP contribution in [0.1, 0.15) is 18.1 Å². The number of aryl methyl sites for hydroxylation is 1. The van der Waals surface area contributed by atoms with Crippen LogP contribution in [0.15, 0.2) is 42.5 Å². The van der Waals surface area contributed by atoms with Gasteiger partial charge in [-0.3, -0.25) is 19.4 Å². The van der Waals surface area contributed by atoms with Crippen LogP contribution in [0.4, 0.5) is 30.2 Å². The maximum Gasteiger partial charge on any atom is 0.416 e. The molecule has 1 atom stereocenters. The maximum absolute atomic E-state index is 13.3. The highest BCUT2D eigenvalue weighted by Crippen LogP contribution is 2.37. The first-order valence-corrected chi connectivity index (χ1v) is 10.5. The number of carbonyl (C=O) groups is 2. The molecule has 170 valence electrons. The van der Waals surface area contributed by atoms with Crippen LogP contribution in [0.3, 0.4) is 0 Å². The third-order valence-electron chi connectivity index (χ3n) is 6.04. The largest absolute Gasteiger partial charge is 0.416 e. The predicted molar refractivity (Wildman–Crippen MR) is 117 cm³/mol. The molecule has 1 saturated heterocycles. The van der Waals surface area contributed by atoms with Crippen molar-refractivity contribution < 1.29 is 22.8 Å². The SMILES string of the molecule is Cc1cccc(N2CCN(C(C)C(=O)N3CC(=O)Nc4cc(C(F)(F)F)ccc43)CC2)c1. The lowest BCUT2D eigenvalue weighted by atomic mass is 10.1. The lowest BCUT2D eigenvalue weighted by Crippen LogP contribution is -2.56. The van der Waals surface area contributed by atoms with Gasteiger partial charge in [0.25, 0.3) is 0 Å². The molecule has 1 unspecified atom stereocenters. The lowest BCUT2D eigenvalue weighted by Gasteiger charge is -2.40. The molecule has 2 aromatic rings. The van der Waals surface area contributed by atoms with Gasteiger partial charge in [0, 0.05) is 31.9 Å². The van der Waals surface area contributed by atoms with Gasteiger partial charge >= 0.3 is 6.18 Å². The third-order valence-corrected chi connectivity index (χ3v) is 6.04. The molecule has 2 amide bonds. The molecule has 2 heterocycles. The fourth-order valence-electron chi connectivity index (χ4n) is 4.24. The zero-order chi connectivity index (χ0) is 23.0. The Labute approximate surface area is 184 Å². The molecule has 0 aliphatic carbocycles. The second-order valence-electron chi connectivity index (χ2n) is 8.24. The second kappa shape index (κ2) is 8.46. The summed E-state index contributed by atoms with van der Waals surface area (Å²) in [4.78, 5) is 31.0. The quantitative estimate of drug-likeness (QED) is 0.784. The molecule has 1 N–H and O–H groups in total. The van der Waals surface area contributed by atoms with Crippen LogP contribution >= 0.6 is 0 Å². The molecule has 0 saturated carbocycles. The van der Waals surface area contributed by atoms with Crippen LogP contribution in [0, 0.1) is 6.92 Å². The van der Waals surface area contributed by atoms with E-state index in [1.54, 1.807) is 6.92 Å². The molecular formula is C23H25F3N4O2. The number of rotatable bonds is 3. The summed E-state index contributed by atoms with van der Waals surface area (Å²) in [5.74, 6) is -0.813. The van der Waals surface area contributed by atoms with E-state index in [4.69, 9.17) is 0 Å². The van der Waals surface area contributed by atoms with Crippen molar-refractivity contribution in [1.82, 2.24) is 4.90 Å². The van der Waals surface area contributed by atoms with Gasteiger partial charge in [0.15, 0.2) is 0 Å². The van der Waals surface area contributed by atoms with E-state index in [0.29, 0.717) is 13.1 Å². The minimum Gasteiger partial charge on any atom is -0.369 e. The number of benzene rings is 2. The number of halogens is 3. The van der Waals surface area contributed by atoms with Crippen molar-refractivity contribution in [2.24, 2.45) is 0 Å². The fraction of sp³-hybridized carbons (Fsp3) is 0.391. The molecule has 6 nitrogen and oxygen atoms in total. The van der Waals surface area contributed by atoms with Crippen LogP contribution in [0.2, 0.25) is 0 Å². The molecule has 0 spiro atoms. The van der Waals surface area contributed by atoms with Crippen LogP contribution in [0.5, 0.6) is 0 Å². The van der Waals surface area contributed by atoms with Crippen LogP contribution < -0.4 is 15.1 Å². The Morgan fingerprint density at radius 1 is 1.06 bits per heavy atom. The number of anilines is 3. The van der Waals surface area contributed by atoms with Gasteiger partial charge in [-0.25, -0.2) is 0 Å². The van der Waals surface area contributed by atoms with Gasteiger partial charge in [-0.15, -0.1) is 0 Å². The summed E-state index contributed by atoms with van der Waals surface area (Å²) < 4.78 is 39.2. The number of nitrogens with zero attached hydrogens (tertiary/aromatic N) is 3. The van der Waals surface area contributed by atoms with E-state index in [2.05, 4.69) is 22.3 Å². The van der Waals surface area contributed by atoms with Gasteiger partial charge in [-0.1, -0.05) is 12.1 Å². The molecule has 9 heteroatoms. The van der Waals surface area contributed by atoms with Crippen LogP contribution in [0.25, 0.3) is 0 Å². The van der Waals surface area contributed by atoms with Crippen molar-refractivity contribution in [3.05, 3.63) is 53.6 Å². The fourth-order valence-corrected chi connectivity index (χ4v) is 4.24. The predicted octanol–water partition coefficient (Wildman–Crippen LogP) is 3.51. The van der Waals surface area contributed by atoms with Gasteiger partial charge < -0.3 is 10.2 Å². The van der Waals surface area contributed by atoms with Gasteiger partial charge in [0.1, 0.15) is 6.54 Å². The zero-order valence-corrected chi connectivity index (χ0v) is 17.9. The van der Waals surface area contributed by atoms with Gasteiger partial charge in [0.05, 0.1) is 23.0 Å². The summed E-state index contributed by atoms with van der Waals surface area (Å²) in [6.07, 6.45) is -4.53. The molecule has 0 aromatic heterocycles. The number of fused-ring (bicyclic) bond motifs is 1. The number of amides is 2. The van der Waals surface area contributed by atoms with E-state index in [1.165, 1.54) is 16.5 Å². The van der Waals surface area contributed by atoms with Crippen molar-refractivity contribution in [3.63, 3.8) is 0 Å². The molecule has 0 radical (unpaired) electrons. The summed E-state index contributed by atoms with van der Waals surface area (Å²) in [6, 6.07) is 10.8. The molecule has 32 heavy (non-hydrogen) atoms. The highest BCUT2D eigenvalue weighted by Gasteiger charge is 2.36. The topological polar surface area (TPSA) is 55.9 Å². The van der Waals surface area contributed by atoms with Crippen LogP contribution in [-0.4, -0.2) is 55.5 Å². The zero-order valence-electron chi connectivity index (χ0n) is 17.9. The smallest absolute Gasteiger partial charge is 0.369 e. The highest BCUT2D eigenvalue weighted by molar-refractivity contribution is 6.11. The molecule has 1 fully saturated rings. The van der Waals surface area contributed by atoms with E-state index in [1.807, 2.05) is 24.0 Å². The lowest BCUT2D eigenvalue weighted by molar-refractivity contribution is -0.137. The Hall–Kier alpha value is -3.07. The summed E-state index contributed by atoms with van der Waals surface area (Å²) >= 11 is 0. The van der Waals surface area contributed by atoms with Gasteiger partial charge in [-0.2, -0.15) is 13.2 Å². The molecule has 2 aliphatic heterocycles. The Bertz CT molecular complexity index is 1030. The number of piperazine rings is 1. The van der Waals surface area contributed by atoms with Crippen molar-refractivity contribution in [2.75, 3.05) is 47.8 Å². The molecule has 2 aliphatic rings. The Morgan fingerprint density at radius 3 is 2.44 bits per heavy atom. The minimum atomic E-state index is -4.53. The number of hydrogen-bond acceptors (Lipinski definition) is 4. The van der Waals surface area contributed by atoms with Crippen LogP contribution in [-0.2, 0) is 15.8 Å². The first kappa shape index (κ1) is 22.1. The minimum absolute atomic E-state index is 0.000826. The summed E-state index contributed by atoms with van der Waals surface area (Å²) in [5.41, 5.74) is 1.75. The molecular weight excluding hydrogens is 421 g/mol. The third kappa shape index (κ3) is 4.43. The van der Waals surface area contributed by atoms with E-state index in [0.717, 1.165) is 30.9 Å². The summed E-state index contributed by atoms with van der Waals surface area (Å²) in [6.45, 7) is 6.46. The van der Waals surface area contributed by atoms with Crippen molar-refractivity contribution in [1.29, 1.82) is 0 Å². The first-order chi connectivity index (χ1) is 15.1. The van der Waals surface area contributed by atoms with E-state index in [9.17, 15) is 22.8 Å². The molecule has 4 rings (SSSR count). The Kier molecular flexibility index (Phi) is 5.85. The van der Waals surface area contributed by atoms with E-state index >= 15 is 0 Å². The van der Waals surface area contributed by atoms with Gasteiger partial charge in [0.2, 0.25) is 11.8 Å². The van der Waals surface area contributed by atoms with Crippen molar-refractivity contribution in [2.45, 2.75) is 26.1 Å². The highest BCUT2D eigenvalue weighted by atomic mass is 19.4. The van der Waals surface area contributed by atoms with Crippen molar-refractivity contribution in [3.8, 4) is 0 Å². The average Bonchev–Trinajstić information content (AvgIpc) is 2.76. The van der Waals surface area contributed by atoms with Gasteiger partial charge in [-0.05, 0) is 49.7 Å². The van der Waals surface area contributed by atoms with E-state index < -0.39 is 23.7 Å². The Morgan fingerprint density at radius 2 is 1.78 bits per heavy atom. The first-order valence-electron chi connectivity index (χ1n) is 10.5. The average molecular weight is 446 g/mol. The second-order valence-corrected chi connectivity index (χ2v) is 8.24. The maximum atomic E-state index is 13.3. The monoisotopic (exact) mass is 446 g/mol. The summed E-state index contributed by atoms with van der Waals surface area (Å²) in [7, 11) is 0. The van der Waals surface area contributed by atoms with Crippen molar-refractivity contribution >= 4 is 28.9 Å². The van der Waals surface area contributed by atoms with E-state index in [-0.39, 0.29) is 23.8 Å². The number of carbonyl (C=O) groups excluding carboxylic acids is 2. The Balaban J connectivity index is 1.47. The summed E-state index contributed by atoms with van der Waals surface area (Å²) in [5, 5.41) is 2.45. The molecule has 2 aromatic carbocycles. The number of nitrogens with one attached hydrogen (secondary N) is 1. The normalized spacial score (nSPS) is 18.2. The number of alkyl halides is 3. The number of hydrogen-bond donors (Lipinski definition) is 1.